The zero-order valence-electron chi connectivity index (χ0n) is 8.10. The summed E-state index contributed by atoms with van der Waals surface area (Å²) in [6.07, 6.45) is -0.145. The third-order valence-electron chi connectivity index (χ3n) is 2.00. The standard InChI is InChI=1S/C10H15NO3/c1-14-10-5-8(12)3-2-7(10)4-9(13)6-11/h2-3,5,9,12-13H,4,6,11H2,1H3. The Morgan fingerprint density at radius 3 is 2.79 bits per heavy atom. The maximum atomic E-state index is 9.36. The van der Waals surface area contributed by atoms with Gasteiger partial charge in [0.25, 0.3) is 0 Å². The van der Waals surface area contributed by atoms with Crippen LogP contribution in [0, 0.1) is 0 Å². The predicted octanol–water partition coefficient (Wildman–Crippen LogP) is 0.263. The summed E-state index contributed by atoms with van der Waals surface area (Å²) in [6.45, 7) is 0.212. The lowest BCUT2D eigenvalue weighted by molar-refractivity contribution is 0.182. The molecule has 1 unspecified atom stereocenters. The molecule has 0 saturated carbocycles. The molecule has 1 aromatic carbocycles. The maximum absolute atomic E-state index is 9.36. The Kier molecular flexibility index (Phi) is 3.73. The van der Waals surface area contributed by atoms with E-state index in [1.807, 2.05) is 0 Å². The number of aromatic hydroxyl groups is 1. The molecule has 78 valence electrons. The van der Waals surface area contributed by atoms with Crippen LogP contribution in [-0.2, 0) is 6.42 Å². The molecule has 1 rings (SSSR count). The van der Waals surface area contributed by atoms with Crippen molar-refractivity contribution in [1.29, 1.82) is 0 Å². The predicted molar refractivity (Wildman–Crippen MR) is 53.4 cm³/mol. The Hall–Kier alpha value is -1.26. The Morgan fingerprint density at radius 1 is 1.50 bits per heavy atom. The molecule has 0 aliphatic heterocycles. The van der Waals surface area contributed by atoms with Gasteiger partial charge in [-0.15, -0.1) is 0 Å². The molecule has 1 aromatic rings. The van der Waals surface area contributed by atoms with Crippen molar-refractivity contribution >= 4 is 0 Å². The summed E-state index contributed by atoms with van der Waals surface area (Å²) in [6, 6.07) is 4.78. The average Bonchev–Trinajstić information content (AvgIpc) is 2.20. The number of phenols is 1. The van der Waals surface area contributed by atoms with E-state index in [1.54, 1.807) is 12.1 Å². The molecule has 0 fully saturated rings. The summed E-state index contributed by atoms with van der Waals surface area (Å²) < 4.78 is 5.06. The van der Waals surface area contributed by atoms with Gasteiger partial charge in [-0.2, -0.15) is 0 Å². The Bertz CT molecular complexity index is 301. The van der Waals surface area contributed by atoms with Crippen molar-refractivity contribution in [3.8, 4) is 11.5 Å². The number of aliphatic hydroxyl groups is 1. The van der Waals surface area contributed by atoms with Gasteiger partial charge in [-0.1, -0.05) is 6.07 Å². The van der Waals surface area contributed by atoms with E-state index in [9.17, 15) is 10.2 Å². The van der Waals surface area contributed by atoms with E-state index in [4.69, 9.17) is 10.5 Å². The summed E-state index contributed by atoms with van der Waals surface area (Å²) in [5.41, 5.74) is 6.14. The fraction of sp³-hybridized carbons (Fsp3) is 0.400. The van der Waals surface area contributed by atoms with Crippen LogP contribution in [0.2, 0.25) is 0 Å². The summed E-state index contributed by atoms with van der Waals surface area (Å²) in [5, 5.41) is 18.6. The van der Waals surface area contributed by atoms with E-state index < -0.39 is 6.10 Å². The van der Waals surface area contributed by atoms with Gasteiger partial charge in [-0.05, 0) is 11.6 Å². The number of methoxy groups -OCH3 is 1. The first-order chi connectivity index (χ1) is 6.67. The molecule has 4 heteroatoms. The first kappa shape index (κ1) is 10.8. The summed E-state index contributed by atoms with van der Waals surface area (Å²) in [5.74, 6) is 0.713. The zero-order valence-corrected chi connectivity index (χ0v) is 8.10. The molecule has 0 heterocycles. The zero-order chi connectivity index (χ0) is 10.6. The summed E-state index contributed by atoms with van der Waals surface area (Å²) >= 11 is 0. The van der Waals surface area contributed by atoms with E-state index in [0.29, 0.717) is 12.2 Å². The van der Waals surface area contributed by atoms with E-state index >= 15 is 0 Å². The van der Waals surface area contributed by atoms with Gasteiger partial charge in [0.15, 0.2) is 0 Å². The lowest BCUT2D eigenvalue weighted by Crippen LogP contribution is -2.22. The second kappa shape index (κ2) is 4.83. The topological polar surface area (TPSA) is 75.7 Å². The van der Waals surface area contributed by atoms with Crippen LogP contribution < -0.4 is 10.5 Å². The third kappa shape index (κ3) is 2.61. The minimum Gasteiger partial charge on any atom is -0.508 e. The molecule has 14 heavy (non-hydrogen) atoms. The first-order valence-corrected chi connectivity index (χ1v) is 4.41. The van der Waals surface area contributed by atoms with Crippen molar-refractivity contribution < 1.29 is 14.9 Å². The van der Waals surface area contributed by atoms with E-state index in [2.05, 4.69) is 0 Å². The molecule has 0 spiro atoms. The van der Waals surface area contributed by atoms with Crippen LogP contribution >= 0.6 is 0 Å². The Balaban J connectivity index is 2.85. The number of phenolic OH excluding ortho intramolecular Hbond substituents is 1. The number of aliphatic hydroxyl groups excluding tert-OH is 1. The molecular formula is C10H15NO3. The average molecular weight is 197 g/mol. The minimum absolute atomic E-state index is 0.146. The summed E-state index contributed by atoms with van der Waals surface area (Å²) in [7, 11) is 1.52. The van der Waals surface area contributed by atoms with Gasteiger partial charge >= 0.3 is 0 Å². The van der Waals surface area contributed by atoms with Crippen LogP contribution in [0.5, 0.6) is 11.5 Å². The molecule has 0 bridgehead atoms. The second-order valence-corrected chi connectivity index (χ2v) is 3.09. The van der Waals surface area contributed by atoms with Crippen LogP contribution in [0.25, 0.3) is 0 Å². The maximum Gasteiger partial charge on any atom is 0.125 e. The quantitative estimate of drug-likeness (QED) is 0.647. The molecule has 0 aliphatic carbocycles. The molecule has 4 N–H and O–H groups in total. The third-order valence-corrected chi connectivity index (χ3v) is 2.00. The minimum atomic E-state index is -0.576. The fourth-order valence-corrected chi connectivity index (χ4v) is 1.24. The van der Waals surface area contributed by atoms with Gasteiger partial charge < -0.3 is 20.7 Å². The summed E-state index contributed by atoms with van der Waals surface area (Å²) in [4.78, 5) is 0. The van der Waals surface area contributed by atoms with Gasteiger partial charge in [-0.3, -0.25) is 0 Å². The van der Waals surface area contributed by atoms with Crippen LogP contribution in [-0.4, -0.2) is 30.0 Å². The Morgan fingerprint density at radius 2 is 2.21 bits per heavy atom. The lowest BCUT2D eigenvalue weighted by Gasteiger charge is -2.11. The fourth-order valence-electron chi connectivity index (χ4n) is 1.24. The molecule has 0 aromatic heterocycles. The molecule has 1 atom stereocenters. The Labute approximate surface area is 82.9 Å². The van der Waals surface area contributed by atoms with Crippen molar-refractivity contribution in [3.63, 3.8) is 0 Å². The van der Waals surface area contributed by atoms with Crippen LogP contribution in [0.15, 0.2) is 18.2 Å². The largest absolute Gasteiger partial charge is 0.508 e. The number of rotatable bonds is 4. The molecule has 0 aliphatic rings. The van der Waals surface area contributed by atoms with Crippen molar-refractivity contribution in [2.24, 2.45) is 5.73 Å². The number of hydrogen-bond acceptors (Lipinski definition) is 4. The first-order valence-electron chi connectivity index (χ1n) is 4.41. The van der Waals surface area contributed by atoms with Crippen LogP contribution in [0.1, 0.15) is 5.56 Å². The smallest absolute Gasteiger partial charge is 0.125 e. The van der Waals surface area contributed by atoms with Gasteiger partial charge in [0, 0.05) is 19.0 Å². The number of hydrogen-bond donors (Lipinski definition) is 3. The molecule has 0 radical (unpaired) electrons. The van der Waals surface area contributed by atoms with E-state index in [-0.39, 0.29) is 12.3 Å². The molecule has 4 nitrogen and oxygen atoms in total. The molecule has 0 amide bonds. The highest BCUT2D eigenvalue weighted by Crippen LogP contribution is 2.24. The van der Waals surface area contributed by atoms with Crippen molar-refractivity contribution in [2.45, 2.75) is 12.5 Å². The van der Waals surface area contributed by atoms with Crippen LogP contribution in [0.3, 0.4) is 0 Å². The van der Waals surface area contributed by atoms with Crippen molar-refractivity contribution in [1.82, 2.24) is 0 Å². The molecule has 0 saturated heterocycles. The van der Waals surface area contributed by atoms with E-state index in [0.717, 1.165) is 5.56 Å². The normalized spacial score (nSPS) is 12.5. The monoisotopic (exact) mass is 197 g/mol. The highest BCUT2D eigenvalue weighted by molar-refractivity contribution is 5.40. The highest BCUT2D eigenvalue weighted by atomic mass is 16.5. The van der Waals surface area contributed by atoms with Gasteiger partial charge in [0.05, 0.1) is 13.2 Å². The van der Waals surface area contributed by atoms with Gasteiger partial charge in [0.2, 0.25) is 0 Å². The number of benzene rings is 1. The van der Waals surface area contributed by atoms with Crippen molar-refractivity contribution in [3.05, 3.63) is 23.8 Å². The molecular weight excluding hydrogens is 182 g/mol. The second-order valence-electron chi connectivity index (χ2n) is 3.09. The number of ether oxygens (including phenoxy) is 1. The van der Waals surface area contributed by atoms with Crippen molar-refractivity contribution in [2.75, 3.05) is 13.7 Å². The van der Waals surface area contributed by atoms with Gasteiger partial charge in [-0.25, -0.2) is 0 Å². The highest BCUT2D eigenvalue weighted by Gasteiger charge is 2.08. The van der Waals surface area contributed by atoms with Crippen LogP contribution in [0.4, 0.5) is 0 Å². The number of nitrogens with two attached hydrogens (primary N) is 1. The SMILES string of the molecule is COc1cc(O)ccc1CC(O)CN. The van der Waals surface area contributed by atoms with Gasteiger partial charge in [0.1, 0.15) is 11.5 Å². The van der Waals surface area contributed by atoms with E-state index in [1.165, 1.54) is 13.2 Å². The lowest BCUT2D eigenvalue weighted by atomic mass is 10.1.